The van der Waals surface area contributed by atoms with E-state index in [1.165, 1.54) is 0 Å². The molecule has 0 saturated heterocycles. The van der Waals surface area contributed by atoms with E-state index in [0.29, 0.717) is 0 Å². The molecule has 100 valence electrons. The first kappa shape index (κ1) is 15.2. The van der Waals surface area contributed by atoms with Crippen LogP contribution in [-0.2, 0) is 0 Å². The summed E-state index contributed by atoms with van der Waals surface area (Å²) in [7, 11) is 1.87. The van der Waals surface area contributed by atoms with Crippen molar-refractivity contribution in [1.29, 1.82) is 0 Å². The largest absolute Gasteiger partial charge is 0.338 e. The Bertz CT molecular complexity index is 428. The fourth-order valence-corrected chi connectivity index (χ4v) is 2.43. The van der Waals surface area contributed by atoms with Gasteiger partial charge in [-0.25, -0.2) is 0 Å². The first-order chi connectivity index (χ1) is 8.12. The molecule has 1 amide bonds. The highest BCUT2D eigenvalue weighted by molar-refractivity contribution is 9.10. The van der Waals surface area contributed by atoms with Crippen LogP contribution >= 0.6 is 15.9 Å². The Balaban J connectivity index is 3.00. The number of hydrogen-bond donors (Lipinski definition) is 0. The minimum absolute atomic E-state index is 0.0711. The third-order valence-electron chi connectivity index (χ3n) is 3.44. The molecule has 1 atom stereocenters. The van der Waals surface area contributed by atoms with Crippen molar-refractivity contribution in [2.45, 2.75) is 40.7 Å². The molecule has 1 aromatic rings. The van der Waals surface area contributed by atoms with Crippen LogP contribution in [0.5, 0.6) is 0 Å². The van der Waals surface area contributed by atoms with E-state index in [0.717, 1.165) is 15.6 Å². The number of aryl methyl sites for hydroxylation is 1. The SMILES string of the molecule is Cc1cc(Br)cc(C(=O)N(C)C(C)C(C)(C)C)c1. The van der Waals surface area contributed by atoms with Crippen molar-refractivity contribution in [3.8, 4) is 0 Å². The third kappa shape index (κ3) is 3.58. The van der Waals surface area contributed by atoms with Gasteiger partial charge < -0.3 is 4.90 Å². The van der Waals surface area contributed by atoms with E-state index in [1.54, 1.807) is 0 Å². The van der Waals surface area contributed by atoms with Gasteiger partial charge in [-0.05, 0) is 43.0 Å². The smallest absolute Gasteiger partial charge is 0.253 e. The van der Waals surface area contributed by atoms with Crippen LogP contribution in [0.4, 0.5) is 0 Å². The molecule has 0 spiro atoms. The average molecular weight is 312 g/mol. The zero-order chi connectivity index (χ0) is 14.1. The van der Waals surface area contributed by atoms with Crippen LogP contribution in [0.25, 0.3) is 0 Å². The number of amides is 1. The minimum atomic E-state index is 0.0711. The number of halogens is 1. The van der Waals surface area contributed by atoms with E-state index in [9.17, 15) is 4.79 Å². The van der Waals surface area contributed by atoms with Crippen LogP contribution in [0.1, 0.15) is 43.6 Å². The molecule has 1 aromatic carbocycles. The van der Waals surface area contributed by atoms with Gasteiger partial charge in [-0.3, -0.25) is 4.79 Å². The highest BCUT2D eigenvalue weighted by atomic mass is 79.9. The second-order valence-corrected chi connectivity index (χ2v) is 6.89. The molecule has 18 heavy (non-hydrogen) atoms. The lowest BCUT2D eigenvalue weighted by Crippen LogP contribution is -2.42. The van der Waals surface area contributed by atoms with E-state index in [-0.39, 0.29) is 17.4 Å². The van der Waals surface area contributed by atoms with Crippen molar-refractivity contribution in [1.82, 2.24) is 4.90 Å². The molecular formula is C15H22BrNO. The molecule has 2 nitrogen and oxygen atoms in total. The lowest BCUT2D eigenvalue weighted by Gasteiger charge is -2.35. The van der Waals surface area contributed by atoms with E-state index < -0.39 is 0 Å². The number of hydrogen-bond acceptors (Lipinski definition) is 1. The maximum Gasteiger partial charge on any atom is 0.253 e. The normalized spacial score (nSPS) is 13.3. The van der Waals surface area contributed by atoms with Gasteiger partial charge in [0.15, 0.2) is 0 Å². The Kier molecular flexibility index (Phi) is 4.60. The summed E-state index contributed by atoms with van der Waals surface area (Å²) in [5, 5.41) is 0. The summed E-state index contributed by atoms with van der Waals surface area (Å²) >= 11 is 3.44. The molecule has 0 fully saturated rings. The zero-order valence-corrected chi connectivity index (χ0v) is 13.6. The summed E-state index contributed by atoms with van der Waals surface area (Å²) in [6.45, 7) is 10.5. The number of rotatable bonds is 2. The van der Waals surface area contributed by atoms with E-state index >= 15 is 0 Å². The molecule has 0 N–H and O–H groups in total. The van der Waals surface area contributed by atoms with E-state index in [1.807, 2.05) is 37.1 Å². The average Bonchev–Trinajstić information content (AvgIpc) is 2.23. The van der Waals surface area contributed by atoms with Gasteiger partial charge in [-0.1, -0.05) is 36.7 Å². The summed E-state index contributed by atoms with van der Waals surface area (Å²) in [5.74, 6) is 0.0711. The van der Waals surface area contributed by atoms with Crippen LogP contribution in [-0.4, -0.2) is 23.9 Å². The van der Waals surface area contributed by atoms with Gasteiger partial charge in [0.2, 0.25) is 0 Å². The van der Waals surface area contributed by atoms with Gasteiger partial charge in [-0.2, -0.15) is 0 Å². The maximum absolute atomic E-state index is 12.4. The standard InChI is InChI=1S/C15H22BrNO/c1-10-7-12(9-13(16)8-10)14(18)17(6)11(2)15(3,4)5/h7-9,11H,1-6H3. The van der Waals surface area contributed by atoms with Crippen LogP contribution in [0, 0.1) is 12.3 Å². The van der Waals surface area contributed by atoms with Crippen molar-refractivity contribution in [2.24, 2.45) is 5.41 Å². The van der Waals surface area contributed by atoms with Crippen molar-refractivity contribution in [2.75, 3.05) is 7.05 Å². The van der Waals surface area contributed by atoms with Crippen LogP contribution in [0.3, 0.4) is 0 Å². The molecule has 3 heteroatoms. The predicted octanol–water partition coefficient (Wildman–Crippen LogP) is 4.26. The van der Waals surface area contributed by atoms with Crippen molar-refractivity contribution in [3.05, 3.63) is 33.8 Å². The molecule has 0 aromatic heterocycles. The van der Waals surface area contributed by atoms with Crippen molar-refractivity contribution in [3.63, 3.8) is 0 Å². The second-order valence-electron chi connectivity index (χ2n) is 5.98. The molecule has 0 aliphatic heterocycles. The fourth-order valence-electron chi connectivity index (χ4n) is 1.82. The van der Waals surface area contributed by atoms with Crippen LogP contribution in [0.2, 0.25) is 0 Å². The summed E-state index contributed by atoms with van der Waals surface area (Å²) in [6.07, 6.45) is 0. The second kappa shape index (κ2) is 5.43. The Labute approximate surface area is 119 Å². The summed E-state index contributed by atoms with van der Waals surface area (Å²) in [4.78, 5) is 14.3. The molecule has 1 unspecified atom stereocenters. The fraction of sp³-hybridized carbons (Fsp3) is 0.533. The van der Waals surface area contributed by atoms with E-state index in [4.69, 9.17) is 0 Å². The lowest BCUT2D eigenvalue weighted by atomic mass is 9.87. The number of carbonyl (C=O) groups excluding carboxylic acids is 1. The van der Waals surface area contributed by atoms with Gasteiger partial charge >= 0.3 is 0 Å². The van der Waals surface area contributed by atoms with Gasteiger partial charge in [0.25, 0.3) is 5.91 Å². The molecule has 0 aliphatic carbocycles. The van der Waals surface area contributed by atoms with Gasteiger partial charge in [-0.15, -0.1) is 0 Å². The van der Waals surface area contributed by atoms with Gasteiger partial charge in [0, 0.05) is 23.1 Å². The third-order valence-corrected chi connectivity index (χ3v) is 3.90. The quantitative estimate of drug-likeness (QED) is 0.799. The van der Waals surface area contributed by atoms with Crippen molar-refractivity contribution < 1.29 is 4.79 Å². The molecule has 1 rings (SSSR count). The highest BCUT2D eigenvalue weighted by Crippen LogP contribution is 2.25. The maximum atomic E-state index is 12.4. The number of carbonyl (C=O) groups is 1. The predicted molar refractivity (Wildman–Crippen MR) is 79.9 cm³/mol. The molecule has 0 bridgehead atoms. The Morgan fingerprint density at radius 1 is 1.28 bits per heavy atom. The Hall–Kier alpha value is -0.830. The number of nitrogens with zero attached hydrogens (tertiary/aromatic N) is 1. The first-order valence-electron chi connectivity index (χ1n) is 6.17. The molecule has 0 saturated carbocycles. The topological polar surface area (TPSA) is 20.3 Å². The molecular weight excluding hydrogens is 290 g/mol. The number of benzene rings is 1. The summed E-state index contributed by atoms with van der Waals surface area (Å²) in [5.41, 5.74) is 1.90. The Morgan fingerprint density at radius 3 is 2.28 bits per heavy atom. The highest BCUT2D eigenvalue weighted by Gasteiger charge is 2.27. The first-order valence-corrected chi connectivity index (χ1v) is 6.96. The van der Waals surface area contributed by atoms with Crippen LogP contribution in [0.15, 0.2) is 22.7 Å². The zero-order valence-electron chi connectivity index (χ0n) is 12.0. The minimum Gasteiger partial charge on any atom is -0.338 e. The molecule has 0 aliphatic rings. The monoisotopic (exact) mass is 311 g/mol. The van der Waals surface area contributed by atoms with Crippen LogP contribution < -0.4 is 0 Å². The lowest BCUT2D eigenvalue weighted by molar-refractivity contribution is 0.0629. The Morgan fingerprint density at radius 2 is 1.83 bits per heavy atom. The summed E-state index contributed by atoms with van der Waals surface area (Å²) < 4.78 is 0.947. The van der Waals surface area contributed by atoms with Gasteiger partial charge in [0.1, 0.15) is 0 Å². The molecule has 0 heterocycles. The van der Waals surface area contributed by atoms with E-state index in [2.05, 4.69) is 43.6 Å². The van der Waals surface area contributed by atoms with Gasteiger partial charge in [0.05, 0.1) is 0 Å². The van der Waals surface area contributed by atoms with Crippen molar-refractivity contribution >= 4 is 21.8 Å². The molecule has 0 radical (unpaired) electrons. The summed E-state index contributed by atoms with van der Waals surface area (Å²) in [6, 6.07) is 5.99.